The van der Waals surface area contributed by atoms with Gasteiger partial charge in [-0.25, -0.2) is 8.72 Å². The Bertz CT molecular complexity index is 926. The fraction of sp³-hybridized carbons (Fsp3) is 0.133. The van der Waals surface area contributed by atoms with Crippen molar-refractivity contribution in [2.75, 3.05) is 11.9 Å². The van der Waals surface area contributed by atoms with E-state index in [-0.39, 0.29) is 17.4 Å². The summed E-state index contributed by atoms with van der Waals surface area (Å²) in [6, 6.07) is 6.80. The maximum atomic E-state index is 12.6. The van der Waals surface area contributed by atoms with Gasteiger partial charge in [0.2, 0.25) is 0 Å². The Morgan fingerprint density at radius 2 is 2.17 bits per heavy atom. The maximum absolute atomic E-state index is 12.6. The largest absolute Gasteiger partial charge is 0.310 e. The number of hydrogen-bond acceptors (Lipinski definition) is 4. The summed E-state index contributed by atoms with van der Waals surface area (Å²) in [7, 11) is 1.66. The Hall–Kier alpha value is -2.10. The molecular formula is C15H13BrN4O3S. The summed E-state index contributed by atoms with van der Waals surface area (Å²) in [6.07, 6.45) is 4.89. The van der Waals surface area contributed by atoms with E-state index in [2.05, 4.69) is 26.0 Å². The monoisotopic (exact) mass is 408 g/mol. The highest BCUT2D eigenvalue weighted by Crippen LogP contribution is 2.23. The van der Waals surface area contributed by atoms with E-state index < -0.39 is 11.1 Å². The van der Waals surface area contributed by atoms with Gasteiger partial charge in [-0.2, -0.15) is 5.10 Å². The minimum absolute atomic E-state index is 0.0107. The molecule has 3 aromatic heterocycles. The zero-order valence-corrected chi connectivity index (χ0v) is 15.0. The van der Waals surface area contributed by atoms with Crippen molar-refractivity contribution in [3.05, 3.63) is 58.6 Å². The van der Waals surface area contributed by atoms with Crippen LogP contribution in [0.4, 0.5) is 5.69 Å². The van der Waals surface area contributed by atoms with Gasteiger partial charge >= 0.3 is 0 Å². The fourth-order valence-corrected chi connectivity index (χ4v) is 3.06. The van der Waals surface area contributed by atoms with Gasteiger partial charge in [-0.15, -0.1) is 0 Å². The molecule has 0 radical (unpaired) electrons. The van der Waals surface area contributed by atoms with Gasteiger partial charge in [-0.3, -0.25) is 9.78 Å². The topological polar surface area (TPSA) is 87.8 Å². The van der Waals surface area contributed by atoms with Crippen LogP contribution in [-0.4, -0.2) is 36.3 Å². The first kappa shape index (κ1) is 16.7. The average molecular weight is 409 g/mol. The van der Waals surface area contributed by atoms with Crippen LogP contribution < -0.4 is 4.90 Å². The maximum Gasteiger partial charge on any atom is 0.276 e. The molecule has 124 valence electrons. The lowest BCUT2D eigenvalue weighted by Crippen LogP contribution is -2.27. The first-order chi connectivity index (χ1) is 11.5. The molecule has 1 N–H and O–H groups in total. The molecule has 9 heteroatoms. The van der Waals surface area contributed by atoms with Crippen molar-refractivity contribution in [3.63, 3.8) is 0 Å². The minimum Gasteiger partial charge on any atom is -0.310 e. The predicted octanol–water partition coefficient (Wildman–Crippen LogP) is 2.49. The van der Waals surface area contributed by atoms with Gasteiger partial charge in [0.1, 0.15) is 5.69 Å². The quantitative estimate of drug-likeness (QED) is 0.669. The number of anilines is 1. The van der Waals surface area contributed by atoms with E-state index in [1.807, 2.05) is 6.07 Å². The highest BCUT2D eigenvalue weighted by molar-refractivity contribution is 9.10. The highest BCUT2D eigenvalue weighted by atomic mass is 79.9. The van der Waals surface area contributed by atoms with Crippen LogP contribution in [0.15, 0.2) is 47.3 Å². The molecule has 7 nitrogen and oxygen atoms in total. The van der Waals surface area contributed by atoms with E-state index in [0.717, 1.165) is 9.99 Å². The number of amides is 1. The van der Waals surface area contributed by atoms with Crippen molar-refractivity contribution >= 4 is 44.1 Å². The molecule has 0 aliphatic rings. The van der Waals surface area contributed by atoms with Gasteiger partial charge in [0, 0.05) is 25.1 Å². The number of fused-ring (bicyclic) bond motifs is 1. The Morgan fingerprint density at radius 1 is 1.38 bits per heavy atom. The molecule has 3 heterocycles. The van der Waals surface area contributed by atoms with Gasteiger partial charge in [-0.1, -0.05) is 6.07 Å². The molecule has 1 atom stereocenters. The summed E-state index contributed by atoms with van der Waals surface area (Å²) in [4.78, 5) is 18.1. The molecule has 0 spiro atoms. The van der Waals surface area contributed by atoms with Crippen molar-refractivity contribution in [1.29, 1.82) is 0 Å². The van der Waals surface area contributed by atoms with Crippen LogP contribution in [0.25, 0.3) is 5.52 Å². The smallest absolute Gasteiger partial charge is 0.276 e. The molecule has 0 bridgehead atoms. The molecular weight excluding hydrogens is 396 g/mol. The molecule has 1 amide bonds. The average Bonchev–Trinajstić information content (AvgIpc) is 2.94. The van der Waals surface area contributed by atoms with Gasteiger partial charge in [0.15, 0.2) is 11.1 Å². The molecule has 24 heavy (non-hydrogen) atoms. The van der Waals surface area contributed by atoms with Crippen LogP contribution in [0.1, 0.15) is 16.1 Å². The standard InChI is InChI=1S/C15H13BrN4O3S/c1-19(11-4-5-20-14(6-11)12(16)8-18-20)15(21)13-3-2-10(7-17-13)9-24(22)23/h2-8H,9H2,1H3,(H,22,23). The van der Waals surface area contributed by atoms with E-state index in [4.69, 9.17) is 4.55 Å². The van der Waals surface area contributed by atoms with E-state index in [9.17, 15) is 9.00 Å². The highest BCUT2D eigenvalue weighted by Gasteiger charge is 2.16. The summed E-state index contributed by atoms with van der Waals surface area (Å²) in [6.45, 7) is 0. The van der Waals surface area contributed by atoms with Crippen LogP contribution in [-0.2, 0) is 16.8 Å². The molecule has 1 unspecified atom stereocenters. The molecule has 0 saturated carbocycles. The number of carbonyl (C=O) groups is 1. The summed E-state index contributed by atoms with van der Waals surface area (Å²) in [5.41, 5.74) is 2.41. The third-order valence-corrected chi connectivity index (χ3v) is 4.68. The number of halogens is 1. The molecule has 3 rings (SSSR count). The second kappa shape index (κ2) is 6.80. The Labute approximate surface area is 148 Å². The van der Waals surface area contributed by atoms with Crippen molar-refractivity contribution in [2.24, 2.45) is 0 Å². The lowest BCUT2D eigenvalue weighted by molar-refractivity contribution is 0.0988. The zero-order valence-electron chi connectivity index (χ0n) is 12.6. The molecule has 0 aromatic carbocycles. The number of pyridine rings is 2. The third-order valence-electron chi connectivity index (χ3n) is 3.48. The van der Waals surface area contributed by atoms with Crippen LogP contribution >= 0.6 is 15.9 Å². The molecule has 0 saturated heterocycles. The molecule has 0 fully saturated rings. The number of rotatable bonds is 4. The normalized spacial score (nSPS) is 12.3. The van der Waals surface area contributed by atoms with E-state index >= 15 is 0 Å². The van der Waals surface area contributed by atoms with Gasteiger partial charge in [0.05, 0.1) is 21.9 Å². The number of carbonyl (C=O) groups excluding carboxylic acids is 1. The summed E-state index contributed by atoms with van der Waals surface area (Å²) < 4.78 is 22.2. The SMILES string of the molecule is CN(C(=O)c1ccc(CS(=O)O)cn1)c1ccn2ncc(Br)c2c1. The van der Waals surface area contributed by atoms with E-state index in [0.29, 0.717) is 11.3 Å². The number of nitrogens with zero attached hydrogens (tertiary/aromatic N) is 4. The summed E-state index contributed by atoms with van der Waals surface area (Å²) in [5, 5.41) is 4.16. The van der Waals surface area contributed by atoms with Crippen molar-refractivity contribution < 1.29 is 13.6 Å². The second-order valence-corrected chi connectivity index (χ2v) is 6.87. The van der Waals surface area contributed by atoms with Gasteiger partial charge < -0.3 is 9.45 Å². The third kappa shape index (κ3) is 3.37. The van der Waals surface area contributed by atoms with Crippen molar-refractivity contribution in [1.82, 2.24) is 14.6 Å². The minimum atomic E-state index is -1.93. The van der Waals surface area contributed by atoms with E-state index in [1.54, 1.807) is 42.2 Å². The van der Waals surface area contributed by atoms with Crippen LogP contribution in [0.5, 0.6) is 0 Å². The molecule has 0 aliphatic carbocycles. The fourth-order valence-electron chi connectivity index (χ4n) is 2.22. The first-order valence-corrected chi connectivity index (χ1v) is 8.96. The predicted molar refractivity (Wildman–Crippen MR) is 94.3 cm³/mol. The number of aromatic nitrogens is 3. The lowest BCUT2D eigenvalue weighted by atomic mass is 10.2. The molecule has 0 aliphatic heterocycles. The summed E-state index contributed by atoms with van der Waals surface area (Å²) >= 11 is 1.48. The second-order valence-electron chi connectivity index (χ2n) is 5.09. The van der Waals surface area contributed by atoms with Crippen LogP contribution in [0.2, 0.25) is 0 Å². The van der Waals surface area contributed by atoms with Crippen LogP contribution in [0, 0.1) is 0 Å². The first-order valence-electron chi connectivity index (χ1n) is 6.89. The number of hydrogen-bond donors (Lipinski definition) is 1. The Kier molecular flexibility index (Phi) is 4.74. The van der Waals surface area contributed by atoms with Crippen molar-refractivity contribution in [3.8, 4) is 0 Å². The van der Waals surface area contributed by atoms with E-state index in [1.165, 1.54) is 11.1 Å². The zero-order chi connectivity index (χ0) is 17.3. The lowest BCUT2D eigenvalue weighted by Gasteiger charge is -2.17. The molecule has 3 aromatic rings. The van der Waals surface area contributed by atoms with Crippen LogP contribution in [0.3, 0.4) is 0 Å². The Morgan fingerprint density at radius 3 is 2.83 bits per heavy atom. The van der Waals surface area contributed by atoms with Gasteiger partial charge in [0.25, 0.3) is 5.91 Å². The van der Waals surface area contributed by atoms with Gasteiger partial charge in [-0.05, 0) is 39.7 Å². The van der Waals surface area contributed by atoms with Crippen molar-refractivity contribution in [2.45, 2.75) is 5.75 Å². The Balaban J connectivity index is 1.84. The summed E-state index contributed by atoms with van der Waals surface area (Å²) in [5.74, 6) is -0.282.